The number of unbranched alkanes of at least 4 members (excludes halogenated alkanes) is 13. The first-order valence-corrected chi connectivity index (χ1v) is 16.1. The molecule has 5 nitrogen and oxygen atoms in total. The van der Waals surface area contributed by atoms with Crippen LogP contribution in [0.4, 0.5) is 0 Å². The van der Waals surface area contributed by atoms with E-state index >= 15 is 0 Å². The standard InChI is InChI=1S/C34H59N2O3/c1-4-6-7-8-9-10-11-12-13-14-15-16-17-20-26-38-29-34(37-3)30-39-28-33-22-19-18-21-32(33)27-36-25-24-35(31-36)23-5-2/h18-19,21-22,24-25,31,34H,4-17,20,23,26-30H2,1-3H3. The summed E-state index contributed by atoms with van der Waals surface area (Å²) >= 11 is 0. The van der Waals surface area contributed by atoms with Crippen LogP contribution >= 0.6 is 0 Å². The number of benzene rings is 1. The normalized spacial score (nSPS) is 14.0. The average molecular weight is 544 g/mol. The van der Waals surface area contributed by atoms with Gasteiger partial charge in [0, 0.05) is 39.2 Å². The molecule has 0 bridgehead atoms. The van der Waals surface area contributed by atoms with Crippen molar-refractivity contribution in [3.05, 3.63) is 54.5 Å². The minimum atomic E-state index is -0.0266. The molecule has 1 aromatic rings. The molecule has 0 saturated heterocycles. The van der Waals surface area contributed by atoms with E-state index in [4.69, 9.17) is 14.2 Å². The van der Waals surface area contributed by atoms with Gasteiger partial charge >= 0.3 is 0 Å². The van der Waals surface area contributed by atoms with Gasteiger partial charge in [0.25, 0.3) is 0 Å². The van der Waals surface area contributed by atoms with Crippen LogP contribution in [0.25, 0.3) is 0 Å². The van der Waals surface area contributed by atoms with Crippen LogP contribution in [0, 0.1) is 6.67 Å². The van der Waals surface area contributed by atoms with E-state index in [0.29, 0.717) is 19.8 Å². The molecule has 2 rings (SSSR count). The second-order valence-electron chi connectivity index (χ2n) is 11.1. The molecule has 0 spiro atoms. The summed E-state index contributed by atoms with van der Waals surface area (Å²) in [6, 6.07) is 8.54. The van der Waals surface area contributed by atoms with Gasteiger partial charge in [-0.3, -0.25) is 0 Å². The molecule has 0 amide bonds. The molecule has 0 fully saturated rings. The SMILES string of the molecule is CCCCCCCCCCCCCCCCOCC(COCc1ccccc1CN1[CH]N(CCC)C=C1)OC. The fourth-order valence-electron chi connectivity index (χ4n) is 5.07. The van der Waals surface area contributed by atoms with Crippen molar-refractivity contribution >= 4 is 0 Å². The highest BCUT2D eigenvalue weighted by Gasteiger charge is 2.15. The van der Waals surface area contributed by atoms with Gasteiger partial charge in [-0.25, -0.2) is 0 Å². The number of nitrogens with zero attached hydrogens (tertiary/aromatic N) is 2. The Bertz CT molecular complexity index is 726. The molecule has 1 unspecified atom stereocenters. The van der Waals surface area contributed by atoms with E-state index in [9.17, 15) is 0 Å². The first kappa shape index (κ1) is 33.6. The second-order valence-corrected chi connectivity index (χ2v) is 11.1. The summed E-state index contributed by atoms with van der Waals surface area (Å²) in [4.78, 5) is 4.47. The third-order valence-electron chi connectivity index (χ3n) is 7.54. The Kier molecular flexibility index (Phi) is 20.0. The predicted octanol–water partition coefficient (Wildman–Crippen LogP) is 8.83. The Morgan fingerprint density at radius 1 is 0.641 bits per heavy atom. The van der Waals surface area contributed by atoms with Crippen molar-refractivity contribution in [3.8, 4) is 0 Å². The molecule has 1 aliphatic heterocycles. The van der Waals surface area contributed by atoms with E-state index in [1.54, 1.807) is 7.11 Å². The third-order valence-corrected chi connectivity index (χ3v) is 7.54. The van der Waals surface area contributed by atoms with E-state index in [-0.39, 0.29) is 6.10 Å². The minimum absolute atomic E-state index is 0.0266. The lowest BCUT2D eigenvalue weighted by atomic mass is 10.0. The summed E-state index contributed by atoms with van der Waals surface area (Å²) in [5.74, 6) is 0. The maximum atomic E-state index is 6.05. The summed E-state index contributed by atoms with van der Waals surface area (Å²) < 4.78 is 17.6. The molecule has 223 valence electrons. The molecule has 39 heavy (non-hydrogen) atoms. The van der Waals surface area contributed by atoms with Gasteiger partial charge < -0.3 is 24.0 Å². The van der Waals surface area contributed by atoms with Gasteiger partial charge in [0.05, 0.1) is 19.8 Å². The minimum Gasteiger partial charge on any atom is -0.379 e. The average Bonchev–Trinajstić information content (AvgIpc) is 3.39. The van der Waals surface area contributed by atoms with Gasteiger partial charge in [0.1, 0.15) is 12.8 Å². The van der Waals surface area contributed by atoms with Gasteiger partial charge in [-0.05, 0) is 24.0 Å². The molecule has 1 radical (unpaired) electrons. The molecule has 5 heteroatoms. The highest BCUT2D eigenvalue weighted by Crippen LogP contribution is 2.19. The number of methoxy groups -OCH3 is 1. The molecule has 1 aromatic carbocycles. The van der Waals surface area contributed by atoms with E-state index in [1.165, 1.54) is 94.6 Å². The Hall–Kier alpha value is -1.56. The van der Waals surface area contributed by atoms with E-state index < -0.39 is 0 Å². The molecule has 1 aliphatic rings. The van der Waals surface area contributed by atoms with Gasteiger partial charge in [0.2, 0.25) is 0 Å². The smallest absolute Gasteiger partial charge is 0.141 e. The Morgan fingerprint density at radius 3 is 1.82 bits per heavy atom. The van der Waals surface area contributed by atoms with Crippen molar-refractivity contribution in [1.29, 1.82) is 0 Å². The molecule has 1 atom stereocenters. The predicted molar refractivity (Wildman–Crippen MR) is 164 cm³/mol. The van der Waals surface area contributed by atoms with Crippen molar-refractivity contribution in [3.63, 3.8) is 0 Å². The first-order chi connectivity index (χ1) is 19.3. The van der Waals surface area contributed by atoms with Crippen molar-refractivity contribution in [2.45, 2.75) is 129 Å². The van der Waals surface area contributed by atoms with Crippen molar-refractivity contribution in [2.24, 2.45) is 0 Å². The number of ether oxygens (including phenoxy) is 3. The van der Waals surface area contributed by atoms with Gasteiger partial charge in [-0.1, -0.05) is 122 Å². The van der Waals surface area contributed by atoms with Crippen LogP contribution in [0.1, 0.15) is 121 Å². The zero-order chi connectivity index (χ0) is 27.8. The molecule has 0 N–H and O–H groups in total. The summed E-state index contributed by atoms with van der Waals surface area (Å²) in [7, 11) is 1.75. The fraction of sp³-hybridized carbons (Fsp3) is 0.735. The lowest BCUT2D eigenvalue weighted by Crippen LogP contribution is -2.25. The third kappa shape index (κ3) is 16.3. The van der Waals surface area contributed by atoms with Crippen LogP contribution in [0.5, 0.6) is 0 Å². The highest BCUT2D eigenvalue weighted by molar-refractivity contribution is 5.27. The molecule has 1 heterocycles. The topological polar surface area (TPSA) is 34.2 Å². The van der Waals surface area contributed by atoms with Crippen LogP contribution in [0.3, 0.4) is 0 Å². The maximum absolute atomic E-state index is 6.05. The molecule has 0 aromatic heterocycles. The summed E-state index contributed by atoms with van der Waals surface area (Å²) in [6.07, 6.45) is 24.7. The first-order valence-electron chi connectivity index (χ1n) is 16.1. The van der Waals surface area contributed by atoms with Crippen LogP contribution < -0.4 is 0 Å². The lowest BCUT2D eigenvalue weighted by molar-refractivity contribution is -0.0452. The highest BCUT2D eigenvalue weighted by atomic mass is 16.6. The Balaban J connectivity index is 1.45. The van der Waals surface area contributed by atoms with Gasteiger partial charge in [-0.2, -0.15) is 0 Å². The van der Waals surface area contributed by atoms with Crippen LogP contribution in [-0.4, -0.2) is 49.4 Å². The van der Waals surface area contributed by atoms with Crippen molar-refractivity contribution < 1.29 is 14.2 Å². The van der Waals surface area contributed by atoms with E-state index in [1.807, 2.05) is 0 Å². The zero-order valence-electron chi connectivity index (χ0n) is 25.6. The van der Waals surface area contributed by atoms with Crippen LogP contribution in [0.15, 0.2) is 36.7 Å². The quantitative estimate of drug-likeness (QED) is 0.109. The Morgan fingerprint density at radius 2 is 1.21 bits per heavy atom. The largest absolute Gasteiger partial charge is 0.379 e. The van der Waals surface area contributed by atoms with Crippen LogP contribution in [-0.2, 0) is 27.4 Å². The fourth-order valence-corrected chi connectivity index (χ4v) is 5.07. The monoisotopic (exact) mass is 543 g/mol. The molecule has 0 aliphatic carbocycles. The van der Waals surface area contributed by atoms with Crippen molar-refractivity contribution in [2.75, 3.05) is 33.5 Å². The van der Waals surface area contributed by atoms with Gasteiger partial charge in [-0.15, -0.1) is 0 Å². The molecule has 0 saturated carbocycles. The number of rotatable bonds is 26. The van der Waals surface area contributed by atoms with Crippen LogP contribution in [0.2, 0.25) is 0 Å². The zero-order valence-corrected chi connectivity index (χ0v) is 25.6. The van der Waals surface area contributed by atoms with E-state index in [0.717, 1.165) is 32.5 Å². The molecular weight excluding hydrogens is 484 g/mol. The summed E-state index contributed by atoms with van der Waals surface area (Å²) in [5, 5.41) is 0. The lowest BCUT2D eigenvalue weighted by Gasteiger charge is -2.21. The van der Waals surface area contributed by atoms with E-state index in [2.05, 4.69) is 67.0 Å². The molecular formula is C34H59N2O3. The number of hydrogen-bond acceptors (Lipinski definition) is 5. The number of hydrogen-bond donors (Lipinski definition) is 0. The van der Waals surface area contributed by atoms with Gasteiger partial charge in [0.15, 0.2) is 0 Å². The second kappa shape index (κ2) is 23.2. The Labute approximate surface area is 241 Å². The maximum Gasteiger partial charge on any atom is 0.141 e. The van der Waals surface area contributed by atoms with Crippen molar-refractivity contribution in [1.82, 2.24) is 9.80 Å². The summed E-state index contributed by atoms with van der Waals surface area (Å²) in [5.41, 5.74) is 2.52. The summed E-state index contributed by atoms with van der Waals surface area (Å²) in [6.45, 7) is 11.1.